The SMILES string of the molecule is CCCCCCCCCCCCCCCCCCn1c(=O)c2ccc3nc4c5ccc6c7ccc8c(=O)n9c%10ccc%11c(=O)n(CCCCCCCC)c(=O)c%12ccc(nc9c9ccc(c%13ccc(c(=O)n4c4ccc(c1=O)c2c34)c5c%136)c7c89)c%10c%12%11. The van der Waals surface area contributed by atoms with Crippen molar-refractivity contribution in [2.45, 2.75) is 168 Å². The van der Waals surface area contributed by atoms with Crippen molar-refractivity contribution in [1.29, 1.82) is 0 Å². The average Bonchev–Trinajstić information content (AvgIpc) is 0.704. The zero-order valence-electron chi connectivity index (χ0n) is 49.3. The number of hydrogen-bond donors (Lipinski definition) is 0. The Morgan fingerprint density at radius 2 is 0.500 bits per heavy atom. The molecule has 0 saturated heterocycles. The van der Waals surface area contributed by atoms with Crippen molar-refractivity contribution in [2.75, 3.05) is 0 Å². The van der Waals surface area contributed by atoms with Gasteiger partial charge in [0.15, 0.2) is 0 Å². The van der Waals surface area contributed by atoms with Crippen LogP contribution in [0.4, 0.5) is 0 Å². The summed E-state index contributed by atoms with van der Waals surface area (Å²) in [5, 5.41) is 13.9. The van der Waals surface area contributed by atoms with Gasteiger partial charge < -0.3 is 0 Å². The number of pyridine rings is 4. The molecule has 0 bridgehead atoms. The molecule has 0 atom stereocenters. The lowest BCUT2D eigenvalue weighted by molar-refractivity contribution is 0.517. The molecule has 0 unspecified atom stereocenters. The lowest BCUT2D eigenvalue weighted by atomic mass is 9.86. The monoisotopic (exact) mass is 1140 g/mol. The third-order valence-electron chi connectivity index (χ3n) is 19.7. The van der Waals surface area contributed by atoms with Crippen molar-refractivity contribution in [3.63, 3.8) is 0 Å². The van der Waals surface area contributed by atoms with Crippen molar-refractivity contribution in [2.24, 2.45) is 0 Å². The Morgan fingerprint density at radius 3 is 0.837 bits per heavy atom. The first-order valence-electron chi connectivity index (χ1n) is 32.2. The molecule has 9 aromatic carbocycles. The second-order valence-corrected chi connectivity index (χ2v) is 24.9. The minimum Gasteiger partial charge on any atom is -0.274 e. The number of fused-ring (bicyclic) bond motifs is 8. The van der Waals surface area contributed by atoms with E-state index in [9.17, 15) is 19.2 Å². The van der Waals surface area contributed by atoms with Crippen molar-refractivity contribution in [1.82, 2.24) is 27.9 Å². The smallest absolute Gasteiger partial charge is 0.264 e. The van der Waals surface area contributed by atoms with E-state index in [0.29, 0.717) is 100 Å². The molecule has 0 fully saturated rings. The molecule has 6 heterocycles. The molecule has 0 radical (unpaired) electrons. The summed E-state index contributed by atoms with van der Waals surface area (Å²) in [5.74, 6) is 0. The fourth-order valence-electron chi connectivity index (χ4n) is 15.4. The van der Waals surface area contributed by atoms with Crippen molar-refractivity contribution < 1.29 is 0 Å². The molecular weight excluding hydrogens is 1070 g/mol. The molecule has 0 aliphatic heterocycles. The molecule has 0 aliphatic rings. The molecule has 0 spiro atoms. The first kappa shape index (κ1) is 54.0. The number of nitrogens with zero attached hydrogens (tertiary/aromatic N) is 6. The fourth-order valence-corrected chi connectivity index (χ4v) is 15.4. The molecule has 0 aliphatic carbocycles. The van der Waals surface area contributed by atoms with Crippen LogP contribution in [0.2, 0.25) is 0 Å². The number of aromatic nitrogens is 6. The van der Waals surface area contributed by atoms with Gasteiger partial charge in [-0.3, -0.25) is 46.7 Å². The molecule has 6 aromatic heterocycles. The van der Waals surface area contributed by atoms with Crippen LogP contribution >= 0.6 is 0 Å². The van der Waals surface area contributed by atoms with Gasteiger partial charge in [-0.15, -0.1) is 0 Å². The van der Waals surface area contributed by atoms with Crippen LogP contribution in [0.3, 0.4) is 0 Å². The highest BCUT2D eigenvalue weighted by Gasteiger charge is 2.27. The Bertz CT molecular complexity index is 5480. The second kappa shape index (κ2) is 21.7. The molecule has 12 nitrogen and oxygen atoms in total. The summed E-state index contributed by atoms with van der Waals surface area (Å²) in [6.07, 6.45) is 26.3. The van der Waals surface area contributed by atoms with E-state index in [1.165, 1.54) is 99.0 Å². The molecule has 432 valence electrons. The van der Waals surface area contributed by atoms with Crippen LogP contribution in [0, 0.1) is 0 Å². The molecule has 86 heavy (non-hydrogen) atoms. The Morgan fingerprint density at radius 1 is 0.256 bits per heavy atom. The summed E-state index contributed by atoms with van der Waals surface area (Å²) in [4.78, 5) is 97.7. The summed E-state index contributed by atoms with van der Waals surface area (Å²) in [5.41, 5.74) is 1.58. The Hall–Kier alpha value is -8.64. The van der Waals surface area contributed by atoms with Gasteiger partial charge in [0.2, 0.25) is 0 Å². The normalized spacial score (nSPS) is 12.8. The van der Waals surface area contributed by atoms with Gasteiger partial charge in [-0.1, -0.05) is 167 Å². The van der Waals surface area contributed by atoms with E-state index in [2.05, 4.69) is 26.0 Å². The highest BCUT2D eigenvalue weighted by Crippen LogP contribution is 2.46. The predicted octanol–water partition coefficient (Wildman–Crippen LogP) is 16.4. The van der Waals surface area contributed by atoms with Crippen molar-refractivity contribution >= 4 is 141 Å². The average molecular weight is 1140 g/mol. The van der Waals surface area contributed by atoms with Crippen LogP contribution in [0.25, 0.3) is 141 Å². The summed E-state index contributed by atoms with van der Waals surface area (Å²) in [7, 11) is 0. The van der Waals surface area contributed by atoms with E-state index >= 15 is 9.59 Å². The Labute approximate surface area is 494 Å². The summed E-state index contributed by atoms with van der Waals surface area (Å²) >= 11 is 0. The third kappa shape index (κ3) is 8.20. The van der Waals surface area contributed by atoms with E-state index in [1.54, 1.807) is 33.1 Å². The van der Waals surface area contributed by atoms with Gasteiger partial charge >= 0.3 is 0 Å². The number of rotatable bonds is 24. The maximum atomic E-state index is 15.3. The molecule has 15 aromatic rings. The standard InChI is InChI=1S/C74H70N6O6/c1-3-5-7-9-11-12-13-14-15-16-17-18-19-20-22-24-42-78-70(82)50-34-38-56-66-58(40-36-52(64(50)66)72(78)84)80-68(76-56)48-30-26-44-45-27-31-53-61-47(29-25-43(59(45)61)46-28-32-54(74(80)86)62(48)60(44)46)67-75-55-37-33-49-63-51(35-39-57(65(55)63)79(67)73(53)85)71(83)77(69(49)81)41-23-21-10-8-6-4-2/h25-40H,3-24,41-42H2,1-2H3. The zero-order chi connectivity index (χ0) is 58.5. The van der Waals surface area contributed by atoms with Crippen LogP contribution < -0.4 is 33.4 Å². The second-order valence-electron chi connectivity index (χ2n) is 24.9. The van der Waals surface area contributed by atoms with E-state index in [1.807, 2.05) is 60.7 Å². The molecule has 15 rings (SSSR count). The maximum Gasteiger partial charge on any atom is 0.264 e. The van der Waals surface area contributed by atoms with Gasteiger partial charge in [-0.25, -0.2) is 9.97 Å². The largest absolute Gasteiger partial charge is 0.274 e. The molecule has 12 heteroatoms. The predicted molar refractivity (Wildman–Crippen MR) is 356 cm³/mol. The topological polar surface area (TPSA) is 147 Å². The first-order chi connectivity index (χ1) is 42.2. The fraction of sp³-hybridized carbons (Fsp3) is 0.351. The van der Waals surface area contributed by atoms with E-state index in [0.717, 1.165) is 105 Å². The van der Waals surface area contributed by atoms with Crippen LogP contribution in [-0.4, -0.2) is 27.9 Å². The summed E-state index contributed by atoms with van der Waals surface area (Å²) < 4.78 is 6.10. The van der Waals surface area contributed by atoms with E-state index < -0.39 is 0 Å². The van der Waals surface area contributed by atoms with Crippen molar-refractivity contribution in [3.8, 4) is 0 Å². The van der Waals surface area contributed by atoms with Gasteiger partial charge in [0.25, 0.3) is 33.4 Å². The van der Waals surface area contributed by atoms with Crippen LogP contribution in [0.5, 0.6) is 0 Å². The maximum absolute atomic E-state index is 15.3. The quantitative estimate of drug-likeness (QED) is 0.0330. The van der Waals surface area contributed by atoms with Crippen LogP contribution in [0.15, 0.2) is 126 Å². The summed E-state index contributed by atoms with van der Waals surface area (Å²) in [6.45, 7) is 5.18. The lowest BCUT2D eigenvalue weighted by Crippen LogP contribution is -2.33. The van der Waals surface area contributed by atoms with Gasteiger partial charge in [0.1, 0.15) is 11.3 Å². The highest BCUT2D eigenvalue weighted by molar-refractivity contribution is 6.41. The molecule has 0 N–H and O–H groups in total. The van der Waals surface area contributed by atoms with Crippen LogP contribution in [0.1, 0.15) is 155 Å². The summed E-state index contributed by atoms with van der Waals surface area (Å²) in [6, 6.07) is 30.6. The Kier molecular flexibility index (Phi) is 13.6. The van der Waals surface area contributed by atoms with Gasteiger partial charge in [-0.05, 0) is 118 Å². The Balaban J connectivity index is 0.770. The number of benzene rings is 9. The van der Waals surface area contributed by atoms with Gasteiger partial charge in [0.05, 0.1) is 22.1 Å². The lowest BCUT2D eigenvalue weighted by Gasteiger charge is -2.20. The van der Waals surface area contributed by atoms with Gasteiger partial charge in [-0.2, -0.15) is 0 Å². The zero-order valence-corrected chi connectivity index (χ0v) is 49.3. The van der Waals surface area contributed by atoms with E-state index in [4.69, 9.17) is 9.97 Å². The molecule has 0 amide bonds. The number of unbranched alkanes of at least 4 members (excludes halogenated alkanes) is 20. The van der Waals surface area contributed by atoms with Crippen LogP contribution in [-0.2, 0) is 13.1 Å². The third-order valence-corrected chi connectivity index (χ3v) is 19.7. The van der Waals surface area contributed by atoms with Gasteiger partial charge in [0, 0.05) is 88.5 Å². The number of hydrogen-bond acceptors (Lipinski definition) is 8. The highest BCUT2D eigenvalue weighted by atomic mass is 16.2. The minimum atomic E-state index is -0.316. The minimum absolute atomic E-state index is 0.248. The first-order valence-corrected chi connectivity index (χ1v) is 32.2. The molecular formula is C74H70N6O6. The van der Waals surface area contributed by atoms with Crippen molar-refractivity contribution in [3.05, 3.63) is 159 Å². The van der Waals surface area contributed by atoms with E-state index in [-0.39, 0.29) is 33.4 Å². The molecule has 0 saturated carbocycles.